The Bertz CT molecular complexity index is 676. The molecule has 104 valence electrons. The van der Waals surface area contributed by atoms with E-state index in [-0.39, 0.29) is 16.7 Å². The predicted molar refractivity (Wildman–Crippen MR) is 77.0 cm³/mol. The highest BCUT2D eigenvalue weighted by molar-refractivity contribution is 5.50. The molecule has 0 saturated heterocycles. The van der Waals surface area contributed by atoms with Gasteiger partial charge in [-0.05, 0) is 49.4 Å². The Morgan fingerprint density at radius 3 is 2.90 bits per heavy atom. The van der Waals surface area contributed by atoms with Crippen molar-refractivity contribution in [3.63, 3.8) is 0 Å². The van der Waals surface area contributed by atoms with E-state index >= 15 is 0 Å². The molecule has 0 saturated carbocycles. The molecule has 2 aromatic rings. The third kappa shape index (κ3) is 2.00. The van der Waals surface area contributed by atoms with Crippen LogP contribution < -0.4 is 5.73 Å². The van der Waals surface area contributed by atoms with Gasteiger partial charge in [0, 0.05) is 35.8 Å². The zero-order valence-corrected chi connectivity index (χ0v) is 11.4. The second-order valence-electron chi connectivity index (χ2n) is 5.31. The van der Waals surface area contributed by atoms with Crippen LogP contribution in [0, 0.1) is 17.0 Å². The van der Waals surface area contributed by atoms with Gasteiger partial charge in [-0.15, -0.1) is 0 Å². The minimum absolute atomic E-state index is 0.110. The van der Waals surface area contributed by atoms with E-state index in [1.807, 2.05) is 19.2 Å². The first-order chi connectivity index (χ1) is 9.58. The van der Waals surface area contributed by atoms with Crippen LogP contribution in [0.2, 0.25) is 0 Å². The van der Waals surface area contributed by atoms with E-state index in [4.69, 9.17) is 5.73 Å². The maximum atomic E-state index is 10.8. The maximum Gasteiger partial charge on any atom is 0.269 e. The molecule has 0 spiro atoms. The van der Waals surface area contributed by atoms with E-state index in [1.54, 1.807) is 12.1 Å². The van der Waals surface area contributed by atoms with Crippen LogP contribution in [0.15, 0.2) is 30.5 Å². The van der Waals surface area contributed by atoms with Gasteiger partial charge >= 0.3 is 0 Å². The Kier molecular flexibility index (Phi) is 3.06. The second-order valence-corrected chi connectivity index (χ2v) is 5.31. The minimum atomic E-state index is -0.363. The fraction of sp³-hybridized carbons (Fsp3) is 0.333. The third-order valence-electron chi connectivity index (χ3n) is 4.01. The molecule has 0 fully saturated rings. The first-order valence-electron chi connectivity index (χ1n) is 6.79. The highest BCUT2D eigenvalue weighted by Gasteiger charge is 2.21. The topological polar surface area (TPSA) is 74.1 Å². The number of nitrogens with zero attached hydrogens (tertiary/aromatic N) is 2. The number of non-ortho nitro benzene ring substituents is 1. The SMILES string of the molecule is Cc1cc([N+](=O)[O-])ccc1-n1ccc2c1CCCC2N. The molecule has 1 aliphatic carbocycles. The monoisotopic (exact) mass is 271 g/mol. The molecule has 0 bridgehead atoms. The fourth-order valence-corrected chi connectivity index (χ4v) is 2.98. The molecule has 1 aromatic heterocycles. The lowest BCUT2D eigenvalue weighted by Gasteiger charge is -2.21. The number of nitro benzene ring substituents is 1. The third-order valence-corrected chi connectivity index (χ3v) is 4.01. The second kappa shape index (κ2) is 4.76. The average molecular weight is 271 g/mol. The first kappa shape index (κ1) is 12.9. The quantitative estimate of drug-likeness (QED) is 0.674. The number of hydrogen-bond acceptors (Lipinski definition) is 3. The number of rotatable bonds is 2. The van der Waals surface area contributed by atoms with E-state index in [9.17, 15) is 10.1 Å². The van der Waals surface area contributed by atoms with E-state index in [2.05, 4.69) is 10.6 Å². The van der Waals surface area contributed by atoms with Crippen molar-refractivity contribution >= 4 is 5.69 Å². The summed E-state index contributed by atoms with van der Waals surface area (Å²) in [6.07, 6.45) is 5.14. The van der Waals surface area contributed by atoms with Gasteiger partial charge in [-0.2, -0.15) is 0 Å². The lowest BCUT2D eigenvalue weighted by molar-refractivity contribution is -0.384. The zero-order chi connectivity index (χ0) is 14.3. The molecule has 1 aromatic carbocycles. The van der Waals surface area contributed by atoms with Gasteiger partial charge in [0.15, 0.2) is 0 Å². The molecule has 0 aliphatic heterocycles. The van der Waals surface area contributed by atoms with Crippen molar-refractivity contribution in [1.29, 1.82) is 0 Å². The summed E-state index contributed by atoms with van der Waals surface area (Å²) in [5, 5.41) is 10.8. The molecular weight excluding hydrogens is 254 g/mol. The number of hydrogen-bond donors (Lipinski definition) is 1. The van der Waals surface area contributed by atoms with Crippen LogP contribution >= 0.6 is 0 Å². The van der Waals surface area contributed by atoms with E-state index in [0.717, 1.165) is 30.5 Å². The average Bonchev–Trinajstić information content (AvgIpc) is 2.84. The van der Waals surface area contributed by atoms with Crippen molar-refractivity contribution in [1.82, 2.24) is 4.57 Å². The number of nitro groups is 1. The Balaban J connectivity index is 2.08. The predicted octanol–water partition coefficient (Wildman–Crippen LogP) is 3.03. The molecule has 5 nitrogen and oxygen atoms in total. The van der Waals surface area contributed by atoms with Crippen molar-refractivity contribution in [3.8, 4) is 5.69 Å². The van der Waals surface area contributed by atoms with Gasteiger partial charge in [0.25, 0.3) is 5.69 Å². The highest BCUT2D eigenvalue weighted by Crippen LogP contribution is 2.32. The normalized spacial score (nSPS) is 17.8. The number of benzene rings is 1. The lowest BCUT2D eigenvalue weighted by Crippen LogP contribution is -2.18. The van der Waals surface area contributed by atoms with Gasteiger partial charge in [0.2, 0.25) is 0 Å². The summed E-state index contributed by atoms with van der Waals surface area (Å²) in [6.45, 7) is 1.90. The summed E-state index contributed by atoms with van der Waals surface area (Å²) < 4.78 is 2.12. The number of aryl methyl sites for hydroxylation is 1. The smallest absolute Gasteiger partial charge is 0.269 e. The van der Waals surface area contributed by atoms with Crippen LogP contribution in [0.5, 0.6) is 0 Å². The molecule has 1 heterocycles. The van der Waals surface area contributed by atoms with E-state index in [1.165, 1.54) is 11.3 Å². The standard InChI is InChI=1S/C15H17N3O2/c1-10-9-11(18(19)20)5-6-14(10)17-8-7-12-13(16)3-2-4-15(12)17/h5-9,13H,2-4,16H2,1H3. The van der Waals surface area contributed by atoms with Crippen LogP contribution in [0.25, 0.3) is 5.69 Å². The van der Waals surface area contributed by atoms with E-state index < -0.39 is 0 Å². The maximum absolute atomic E-state index is 10.8. The Morgan fingerprint density at radius 1 is 1.40 bits per heavy atom. The number of fused-ring (bicyclic) bond motifs is 1. The van der Waals surface area contributed by atoms with Crippen LogP contribution in [-0.2, 0) is 6.42 Å². The molecule has 5 heteroatoms. The summed E-state index contributed by atoms with van der Waals surface area (Å²) in [5.41, 5.74) is 10.6. The van der Waals surface area contributed by atoms with Crippen molar-refractivity contribution in [2.24, 2.45) is 5.73 Å². The molecule has 0 amide bonds. The highest BCUT2D eigenvalue weighted by atomic mass is 16.6. The van der Waals surface area contributed by atoms with Crippen LogP contribution in [0.4, 0.5) is 5.69 Å². The molecule has 0 radical (unpaired) electrons. The van der Waals surface area contributed by atoms with Crippen LogP contribution in [-0.4, -0.2) is 9.49 Å². The molecule has 3 rings (SSSR count). The number of nitrogens with two attached hydrogens (primary N) is 1. The zero-order valence-electron chi connectivity index (χ0n) is 11.4. The van der Waals surface area contributed by atoms with Gasteiger partial charge in [0.05, 0.1) is 4.92 Å². The summed E-state index contributed by atoms with van der Waals surface area (Å²) in [5.74, 6) is 0. The fourth-order valence-electron chi connectivity index (χ4n) is 2.98. The number of aromatic nitrogens is 1. The van der Waals surface area contributed by atoms with E-state index in [0.29, 0.717) is 0 Å². The summed E-state index contributed by atoms with van der Waals surface area (Å²) in [4.78, 5) is 10.4. The van der Waals surface area contributed by atoms with Gasteiger partial charge in [-0.25, -0.2) is 0 Å². The van der Waals surface area contributed by atoms with Gasteiger partial charge < -0.3 is 10.3 Å². The first-order valence-corrected chi connectivity index (χ1v) is 6.79. The Labute approximate surface area is 117 Å². The van der Waals surface area contributed by atoms with Crippen LogP contribution in [0.3, 0.4) is 0 Å². The molecule has 1 atom stereocenters. The van der Waals surface area contributed by atoms with Crippen molar-refractivity contribution < 1.29 is 4.92 Å². The molecule has 2 N–H and O–H groups in total. The largest absolute Gasteiger partial charge is 0.324 e. The van der Waals surface area contributed by atoms with Crippen LogP contribution in [0.1, 0.15) is 35.7 Å². The lowest BCUT2D eigenvalue weighted by atomic mass is 9.93. The van der Waals surface area contributed by atoms with Crippen molar-refractivity contribution in [3.05, 3.63) is 57.4 Å². The minimum Gasteiger partial charge on any atom is -0.324 e. The van der Waals surface area contributed by atoms with Gasteiger partial charge in [-0.1, -0.05) is 0 Å². The van der Waals surface area contributed by atoms with Gasteiger partial charge in [-0.3, -0.25) is 10.1 Å². The Morgan fingerprint density at radius 2 is 2.20 bits per heavy atom. The molecule has 1 unspecified atom stereocenters. The van der Waals surface area contributed by atoms with Crippen molar-refractivity contribution in [2.75, 3.05) is 0 Å². The Hall–Kier alpha value is -2.14. The summed E-state index contributed by atoms with van der Waals surface area (Å²) >= 11 is 0. The van der Waals surface area contributed by atoms with Crippen molar-refractivity contribution in [2.45, 2.75) is 32.2 Å². The molecular formula is C15H17N3O2. The molecule has 20 heavy (non-hydrogen) atoms. The summed E-state index contributed by atoms with van der Waals surface area (Å²) in [6, 6.07) is 7.16. The molecule has 1 aliphatic rings. The van der Waals surface area contributed by atoms with Gasteiger partial charge in [0.1, 0.15) is 0 Å². The summed E-state index contributed by atoms with van der Waals surface area (Å²) in [7, 11) is 0.